The van der Waals surface area contributed by atoms with Crippen LogP contribution in [-0.2, 0) is 4.79 Å². The molecule has 0 saturated carbocycles. The predicted molar refractivity (Wildman–Crippen MR) is 82.2 cm³/mol. The molecule has 1 heterocycles. The first-order valence-electron chi connectivity index (χ1n) is 6.49. The second-order valence-electron chi connectivity index (χ2n) is 4.51. The molecule has 0 atom stereocenters. The molecule has 0 unspecified atom stereocenters. The predicted octanol–water partition coefficient (Wildman–Crippen LogP) is 0.572. The summed E-state index contributed by atoms with van der Waals surface area (Å²) < 4.78 is 5.27. The fourth-order valence-electron chi connectivity index (χ4n) is 1.55. The second-order valence-corrected chi connectivity index (χ2v) is 4.92. The van der Waals surface area contributed by atoms with Crippen LogP contribution < -0.4 is 21.1 Å². The van der Waals surface area contributed by atoms with E-state index in [9.17, 15) is 14.4 Å². The summed E-state index contributed by atoms with van der Waals surface area (Å²) in [5, 5.41) is 6.23. The summed E-state index contributed by atoms with van der Waals surface area (Å²) >= 11 is 5.89. The SMILES string of the molecule is Cc1cc(OCC(=O)NNC(=O)c2ccc(=O)[nH]n2)ccc1Cl. The lowest BCUT2D eigenvalue weighted by Gasteiger charge is -2.09. The molecule has 0 aliphatic carbocycles. The first kappa shape index (κ1) is 16.5. The average Bonchev–Trinajstić information content (AvgIpc) is 2.54. The minimum atomic E-state index is -0.670. The van der Waals surface area contributed by atoms with Gasteiger partial charge in [0.1, 0.15) is 5.75 Å². The number of rotatable bonds is 4. The lowest BCUT2D eigenvalue weighted by molar-refractivity contribution is -0.123. The normalized spacial score (nSPS) is 10.0. The highest BCUT2D eigenvalue weighted by Gasteiger charge is 2.09. The van der Waals surface area contributed by atoms with Gasteiger partial charge in [-0.2, -0.15) is 5.10 Å². The highest BCUT2D eigenvalue weighted by molar-refractivity contribution is 6.31. The summed E-state index contributed by atoms with van der Waals surface area (Å²) in [4.78, 5) is 34.1. The van der Waals surface area contributed by atoms with Gasteiger partial charge in [0.2, 0.25) is 0 Å². The number of hydrazine groups is 1. The average molecular weight is 337 g/mol. The van der Waals surface area contributed by atoms with E-state index in [4.69, 9.17) is 16.3 Å². The van der Waals surface area contributed by atoms with E-state index in [-0.39, 0.29) is 12.3 Å². The number of benzene rings is 1. The number of hydrogen-bond acceptors (Lipinski definition) is 5. The topological polar surface area (TPSA) is 113 Å². The van der Waals surface area contributed by atoms with Gasteiger partial charge in [-0.05, 0) is 36.8 Å². The van der Waals surface area contributed by atoms with Crippen molar-refractivity contribution in [3.05, 3.63) is 57.0 Å². The van der Waals surface area contributed by atoms with Gasteiger partial charge < -0.3 is 4.74 Å². The van der Waals surface area contributed by atoms with Crippen molar-refractivity contribution in [2.45, 2.75) is 6.92 Å². The molecule has 0 aliphatic heterocycles. The molecule has 1 aromatic carbocycles. The molecule has 0 aliphatic rings. The maximum Gasteiger partial charge on any atom is 0.290 e. The standard InChI is InChI=1S/C14H13ClN4O4/c1-8-6-9(2-3-10(8)15)23-7-13(21)18-19-14(22)11-4-5-12(20)17-16-11/h2-6H,7H2,1H3,(H,17,20)(H,18,21)(H,19,22). The molecule has 9 heteroatoms. The Morgan fingerprint density at radius 3 is 2.70 bits per heavy atom. The van der Waals surface area contributed by atoms with E-state index in [1.165, 1.54) is 6.07 Å². The Labute approximate surface area is 135 Å². The van der Waals surface area contributed by atoms with Crippen LogP contribution in [0.1, 0.15) is 16.1 Å². The maximum atomic E-state index is 11.7. The number of H-pyrrole nitrogens is 1. The third kappa shape index (κ3) is 4.82. The Morgan fingerprint density at radius 2 is 2.04 bits per heavy atom. The summed E-state index contributed by atoms with van der Waals surface area (Å²) in [5.41, 5.74) is 4.67. The number of aromatic nitrogens is 2. The number of carbonyl (C=O) groups is 2. The summed E-state index contributed by atoms with van der Waals surface area (Å²) in [6, 6.07) is 7.36. The van der Waals surface area contributed by atoms with Crippen molar-refractivity contribution >= 4 is 23.4 Å². The minimum Gasteiger partial charge on any atom is -0.484 e. The molecule has 0 fully saturated rings. The van der Waals surface area contributed by atoms with Crippen LogP contribution in [0, 0.1) is 6.92 Å². The number of aromatic amines is 1. The fourth-order valence-corrected chi connectivity index (χ4v) is 1.67. The lowest BCUT2D eigenvalue weighted by Crippen LogP contribution is -2.44. The van der Waals surface area contributed by atoms with Crippen molar-refractivity contribution in [3.8, 4) is 5.75 Å². The lowest BCUT2D eigenvalue weighted by atomic mass is 10.2. The van der Waals surface area contributed by atoms with Gasteiger partial charge in [0.05, 0.1) is 0 Å². The van der Waals surface area contributed by atoms with Gasteiger partial charge in [-0.15, -0.1) is 0 Å². The van der Waals surface area contributed by atoms with Crippen LogP contribution >= 0.6 is 11.6 Å². The summed E-state index contributed by atoms with van der Waals surface area (Å²) in [6.07, 6.45) is 0. The van der Waals surface area contributed by atoms with Crippen molar-refractivity contribution in [2.75, 3.05) is 6.61 Å². The van der Waals surface area contributed by atoms with Gasteiger partial charge in [-0.25, -0.2) is 5.10 Å². The molecule has 8 nitrogen and oxygen atoms in total. The first-order chi connectivity index (χ1) is 11.0. The van der Waals surface area contributed by atoms with E-state index < -0.39 is 17.4 Å². The molecule has 0 spiro atoms. The number of carbonyl (C=O) groups excluding carboxylic acids is 2. The van der Waals surface area contributed by atoms with E-state index in [0.29, 0.717) is 10.8 Å². The maximum absolute atomic E-state index is 11.7. The van der Waals surface area contributed by atoms with E-state index in [1.54, 1.807) is 18.2 Å². The quantitative estimate of drug-likeness (QED) is 0.706. The number of hydrogen-bond donors (Lipinski definition) is 3. The largest absolute Gasteiger partial charge is 0.484 e. The number of nitrogens with zero attached hydrogens (tertiary/aromatic N) is 1. The monoisotopic (exact) mass is 336 g/mol. The molecule has 120 valence electrons. The molecule has 0 bridgehead atoms. The van der Waals surface area contributed by atoms with Gasteiger partial charge in [0.15, 0.2) is 12.3 Å². The molecular weight excluding hydrogens is 324 g/mol. The Balaban J connectivity index is 1.80. The van der Waals surface area contributed by atoms with Gasteiger partial charge in [0.25, 0.3) is 17.4 Å². The Hall–Kier alpha value is -2.87. The summed E-state index contributed by atoms with van der Waals surface area (Å²) in [5.74, 6) is -0.747. The van der Waals surface area contributed by atoms with Crippen LogP contribution in [0.5, 0.6) is 5.75 Å². The first-order valence-corrected chi connectivity index (χ1v) is 6.87. The minimum absolute atomic E-state index is 0.0425. The smallest absolute Gasteiger partial charge is 0.290 e. The highest BCUT2D eigenvalue weighted by Crippen LogP contribution is 2.20. The number of amides is 2. The number of ether oxygens (including phenoxy) is 1. The Morgan fingerprint density at radius 1 is 1.26 bits per heavy atom. The molecule has 0 radical (unpaired) electrons. The fraction of sp³-hybridized carbons (Fsp3) is 0.143. The van der Waals surface area contributed by atoms with Gasteiger partial charge in [-0.1, -0.05) is 11.6 Å². The Bertz CT molecular complexity index is 770. The zero-order valence-electron chi connectivity index (χ0n) is 12.1. The van der Waals surface area contributed by atoms with Crippen LogP contribution in [0.3, 0.4) is 0 Å². The zero-order valence-corrected chi connectivity index (χ0v) is 12.8. The zero-order chi connectivity index (χ0) is 16.8. The summed E-state index contributed by atoms with van der Waals surface area (Å²) in [6.45, 7) is 1.52. The van der Waals surface area contributed by atoms with E-state index >= 15 is 0 Å². The molecular formula is C14H13ClN4O4. The van der Waals surface area contributed by atoms with Crippen molar-refractivity contribution in [1.82, 2.24) is 21.0 Å². The molecule has 2 aromatic rings. The molecule has 3 N–H and O–H groups in total. The molecule has 2 rings (SSSR count). The van der Waals surface area contributed by atoms with Crippen molar-refractivity contribution in [3.63, 3.8) is 0 Å². The van der Waals surface area contributed by atoms with E-state index in [0.717, 1.165) is 11.6 Å². The summed E-state index contributed by atoms with van der Waals surface area (Å²) in [7, 11) is 0. The second kappa shape index (κ2) is 7.41. The van der Waals surface area contributed by atoms with Crippen LogP contribution in [0.15, 0.2) is 35.1 Å². The van der Waals surface area contributed by atoms with Crippen molar-refractivity contribution < 1.29 is 14.3 Å². The molecule has 2 amide bonds. The highest BCUT2D eigenvalue weighted by atomic mass is 35.5. The number of nitrogens with one attached hydrogen (secondary N) is 3. The number of aryl methyl sites for hydroxylation is 1. The van der Waals surface area contributed by atoms with Crippen LogP contribution in [-0.4, -0.2) is 28.6 Å². The third-order valence-electron chi connectivity index (χ3n) is 2.73. The van der Waals surface area contributed by atoms with Crippen LogP contribution in [0.4, 0.5) is 0 Å². The van der Waals surface area contributed by atoms with Gasteiger partial charge in [-0.3, -0.25) is 25.2 Å². The third-order valence-corrected chi connectivity index (χ3v) is 3.15. The Kier molecular flexibility index (Phi) is 5.32. The van der Waals surface area contributed by atoms with E-state index in [2.05, 4.69) is 21.0 Å². The number of halogens is 1. The van der Waals surface area contributed by atoms with Gasteiger partial charge >= 0.3 is 0 Å². The molecule has 0 saturated heterocycles. The van der Waals surface area contributed by atoms with E-state index in [1.807, 2.05) is 6.92 Å². The van der Waals surface area contributed by atoms with Gasteiger partial charge in [0, 0.05) is 11.1 Å². The van der Waals surface area contributed by atoms with Crippen LogP contribution in [0.25, 0.3) is 0 Å². The van der Waals surface area contributed by atoms with Crippen molar-refractivity contribution in [2.24, 2.45) is 0 Å². The van der Waals surface area contributed by atoms with Crippen LogP contribution in [0.2, 0.25) is 5.02 Å². The van der Waals surface area contributed by atoms with Crippen molar-refractivity contribution in [1.29, 1.82) is 0 Å². The molecule has 23 heavy (non-hydrogen) atoms. The molecule has 1 aromatic heterocycles.